The summed E-state index contributed by atoms with van der Waals surface area (Å²) in [7, 11) is 3.03. The zero-order chi connectivity index (χ0) is 28.8. The normalized spacial score (nSPS) is 42.8. The number of esters is 2. The van der Waals surface area contributed by atoms with Gasteiger partial charge in [0, 0.05) is 49.5 Å². The summed E-state index contributed by atoms with van der Waals surface area (Å²) < 4.78 is 29.3. The fourth-order valence-corrected chi connectivity index (χ4v) is 7.80. The molecule has 12 atom stereocenters. The zero-order valence-corrected chi connectivity index (χ0v) is 23.7. The maximum Gasteiger partial charge on any atom is 0.355 e. The number of cyclic esters (lactones) is 1. The number of nitrogens with one attached hydrogen (secondary N) is 1. The van der Waals surface area contributed by atoms with Crippen LogP contribution in [0.1, 0.15) is 37.7 Å². The number of aromatic amines is 1. The number of carbonyl (C=O) groups excluding carboxylic acids is 2. The second kappa shape index (κ2) is 11.4. The lowest BCUT2D eigenvalue weighted by atomic mass is 9.52. The molecule has 1 aromatic rings. The molecule has 1 spiro atoms. The number of H-pyrrole nitrogens is 1. The van der Waals surface area contributed by atoms with Crippen LogP contribution in [0.2, 0.25) is 0 Å². The second-order valence-electron chi connectivity index (χ2n) is 11.8. The lowest BCUT2D eigenvalue weighted by Crippen LogP contribution is -2.65. The number of aliphatic hydroxyl groups is 2. The van der Waals surface area contributed by atoms with E-state index in [4.69, 9.17) is 23.7 Å². The highest BCUT2D eigenvalue weighted by molar-refractivity contribution is 5.87. The topological polar surface area (TPSA) is 137 Å². The minimum absolute atomic E-state index is 0.0213. The highest BCUT2D eigenvalue weighted by atomic mass is 16.6. The number of carbonyl (C=O) groups is 2. The number of hydrogen-bond donors (Lipinski definition) is 3. The first-order valence-corrected chi connectivity index (χ1v) is 14.1. The van der Waals surface area contributed by atoms with E-state index in [2.05, 4.69) is 4.98 Å². The first-order valence-electron chi connectivity index (χ1n) is 14.1. The van der Waals surface area contributed by atoms with Gasteiger partial charge in [-0.25, -0.2) is 4.79 Å². The van der Waals surface area contributed by atoms with Gasteiger partial charge in [-0.15, -0.1) is 0 Å². The third-order valence-corrected chi connectivity index (χ3v) is 9.60. The lowest BCUT2D eigenvalue weighted by molar-refractivity contribution is -0.240. The Labute approximate surface area is 234 Å². The van der Waals surface area contributed by atoms with E-state index in [1.54, 1.807) is 25.4 Å². The van der Waals surface area contributed by atoms with Gasteiger partial charge >= 0.3 is 11.9 Å². The van der Waals surface area contributed by atoms with E-state index in [0.29, 0.717) is 12.1 Å². The highest BCUT2D eigenvalue weighted by Gasteiger charge is 2.66. The van der Waals surface area contributed by atoms with Crippen molar-refractivity contribution in [3.63, 3.8) is 0 Å². The number of aromatic nitrogens is 1. The van der Waals surface area contributed by atoms with E-state index in [1.807, 2.05) is 39.0 Å². The molecule has 2 aliphatic heterocycles. The summed E-state index contributed by atoms with van der Waals surface area (Å²) in [5, 5.41) is 22.7. The Hall–Kier alpha value is -2.50. The van der Waals surface area contributed by atoms with E-state index in [9.17, 15) is 19.8 Å². The average Bonchev–Trinajstić information content (AvgIpc) is 3.60. The molecule has 0 amide bonds. The molecule has 2 bridgehead atoms. The molecule has 2 fully saturated rings. The van der Waals surface area contributed by atoms with E-state index < -0.39 is 65.8 Å². The van der Waals surface area contributed by atoms with Crippen LogP contribution in [0, 0.1) is 35.0 Å². The summed E-state index contributed by atoms with van der Waals surface area (Å²) in [6.45, 7) is 5.93. The Balaban J connectivity index is 1.54. The number of allylic oxidation sites excluding steroid dienone is 1. The molecule has 0 aromatic carbocycles. The molecule has 1 saturated heterocycles. The third kappa shape index (κ3) is 4.63. The van der Waals surface area contributed by atoms with Crippen molar-refractivity contribution in [2.24, 2.45) is 35.0 Å². The second-order valence-corrected chi connectivity index (χ2v) is 11.8. The predicted molar refractivity (Wildman–Crippen MR) is 143 cm³/mol. The number of aliphatic hydroxyl groups excluding tert-OH is 2. The van der Waals surface area contributed by atoms with Crippen molar-refractivity contribution in [2.75, 3.05) is 27.4 Å². The van der Waals surface area contributed by atoms with Gasteiger partial charge in [0.1, 0.15) is 24.0 Å². The van der Waals surface area contributed by atoms with Gasteiger partial charge in [0.25, 0.3) is 0 Å². The summed E-state index contributed by atoms with van der Waals surface area (Å²) in [4.78, 5) is 29.4. The predicted octanol–water partition coefficient (Wildman–Crippen LogP) is 2.27. The number of fused-ring (bicyclic) bond motifs is 2. The smallest absolute Gasteiger partial charge is 0.355 e. The molecule has 40 heavy (non-hydrogen) atoms. The number of ether oxygens (including phenoxy) is 5. The van der Waals surface area contributed by atoms with Gasteiger partial charge in [0.2, 0.25) is 0 Å². The van der Waals surface area contributed by atoms with Crippen molar-refractivity contribution in [3.8, 4) is 0 Å². The zero-order valence-electron chi connectivity index (χ0n) is 23.7. The van der Waals surface area contributed by atoms with Gasteiger partial charge in [-0.3, -0.25) is 4.79 Å². The Morgan fingerprint density at radius 2 is 2.02 bits per heavy atom. The molecular formula is C30H41NO9. The first-order chi connectivity index (χ1) is 19.1. The van der Waals surface area contributed by atoms with Gasteiger partial charge in [-0.05, 0) is 25.5 Å². The first kappa shape index (κ1) is 29.0. The highest BCUT2D eigenvalue weighted by Crippen LogP contribution is 2.62. The Morgan fingerprint density at radius 3 is 2.70 bits per heavy atom. The molecule has 3 N–H and O–H groups in total. The molecule has 220 valence electrons. The monoisotopic (exact) mass is 559 g/mol. The van der Waals surface area contributed by atoms with Crippen molar-refractivity contribution in [3.05, 3.63) is 47.8 Å². The van der Waals surface area contributed by atoms with Gasteiger partial charge in [0.15, 0.2) is 0 Å². The fraction of sp³-hybridized carbons (Fsp3) is 0.667. The standard InChI is InChI=1S/C30H41NO9/c1-15-11-16(2)30-19(18(13-36-4)28(34)39-26(15)22(32)14-37-5)8-9-24(30)38-23-12-20(30)25(33)17(3)27(23)40-29(35)21-7-6-10-31-21/h6-11,15,17-20,22-27,31-33H,12-14H2,1-5H3/b16-11+/t15-,17-,18-,19-,20+,22-,23+,24-,25-,26+,27-,30+/m1/s1. The molecule has 0 radical (unpaired) electrons. The summed E-state index contributed by atoms with van der Waals surface area (Å²) in [5.74, 6) is -3.07. The van der Waals surface area contributed by atoms with E-state index in [1.165, 1.54) is 7.11 Å². The lowest BCUT2D eigenvalue weighted by Gasteiger charge is -2.59. The van der Waals surface area contributed by atoms with E-state index in [-0.39, 0.29) is 31.0 Å². The SMILES string of the molecule is COC[C@@H](O)[C@H]1OC(=O)[C@H](COC)[C@H]2C=C[C@H]3O[C@H]4C[C@@H]([C@H](O)[C@@H](C)[C@H]4OC(=O)c4ccc[nH]4)[C@]23/C(C)=C/[C@H]1C. The van der Waals surface area contributed by atoms with Crippen LogP contribution in [0.25, 0.3) is 0 Å². The summed E-state index contributed by atoms with van der Waals surface area (Å²) in [6, 6.07) is 3.37. The van der Waals surface area contributed by atoms with Crippen LogP contribution in [0.3, 0.4) is 0 Å². The summed E-state index contributed by atoms with van der Waals surface area (Å²) in [5.41, 5.74) is 0.550. The Kier molecular flexibility index (Phi) is 8.27. The van der Waals surface area contributed by atoms with Crippen LogP contribution in [0.4, 0.5) is 0 Å². The van der Waals surface area contributed by atoms with Crippen LogP contribution >= 0.6 is 0 Å². The maximum absolute atomic E-state index is 13.7. The molecule has 1 saturated carbocycles. The molecule has 2 aliphatic carbocycles. The van der Waals surface area contributed by atoms with Crippen molar-refractivity contribution in [2.45, 2.75) is 63.8 Å². The molecular weight excluding hydrogens is 518 g/mol. The maximum atomic E-state index is 13.7. The average molecular weight is 560 g/mol. The van der Waals surface area contributed by atoms with Gasteiger partial charge in [-0.1, -0.05) is 37.6 Å². The minimum atomic E-state index is -1.01. The quantitative estimate of drug-likeness (QED) is 0.339. The summed E-state index contributed by atoms with van der Waals surface area (Å²) >= 11 is 0. The fourth-order valence-electron chi connectivity index (χ4n) is 7.80. The minimum Gasteiger partial charge on any atom is -0.459 e. The number of rotatable bonds is 7. The van der Waals surface area contributed by atoms with Crippen molar-refractivity contribution in [1.82, 2.24) is 4.98 Å². The summed E-state index contributed by atoms with van der Waals surface area (Å²) in [6.07, 6.45) is 3.90. The Bertz CT molecular complexity index is 1130. The van der Waals surface area contributed by atoms with Crippen molar-refractivity contribution in [1.29, 1.82) is 0 Å². The number of hydrogen-bond acceptors (Lipinski definition) is 9. The van der Waals surface area contributed by atoms with Crippen molar-refractivity contribution < 1.29 is 43.5 Å². The van der Waals surface area contributed by atoms with Crippen LogP contribution in [0.15, 0.2) is 42.1 Å². The molecule has 4 aliphatic rings. The molecule has 10 nitrogen and oxygen atoms in total. The van der Waals surface area contributed by atoms with Crippen molar-refractivity contribution >= 4 is 11.9 Å². The third-order valence-electron chi connectivity index (χ3n) is 9.60. The van der Waals surface area contributed by atoms with E-state index in [0.717, 1.165) is 5.57 Å². The van der Waals surface area contributed by atoms with Crippen LogP contribution in [-0.4, -0.2) is 91.2 Å². The molecule has 1 aromatic heterocycles. The number of methoxy groups -OCH3 is 2. The largest absolute Gasteiger partial charge is 0.459 e. The molecule has 3 heterocycles. The molecule has 0 unspecified atom stereocenters. The Morgan fingerprint density at radius 1 is 1.25 bits per heavy atom. The van der Waals surface area contributed by atoms with Gasteiger partial charge < -0.3 is 38.9 Å². The van der Waals surface area contributed by atoms with E-state index >= 15 is 0 Å². The van der Waals surface area contributed by atoms with Crippen LogP contribution in [-0.2, 0) is 28.5 Å². The van der Waals surface area contributed by atoms with Crippen LogP contribution in [0.5, 0.6) is 0 Å². The van der Waals surface area contributed by atoms with Gasteiger partial charge in [-0.2, -0.15) is 0 Å². The molecule has 10 heteroatoms. The van der Waals surface area contributed by atoms with Gasteiger partial charge in [0.05, 0.1) is 37.4 Å². The van der Waals surface area contributed by atoms with Crippen LogP contribution < -0.4 is 0 Å². The molecule has 5 rings (SSSR count).